The monoisotopic (exact) mass is 1300 g/mol. The molecule has 0 radical (unpaired) electrons. The number of rotatable bonds is 35. The Bertz CT molecular complexity index is 2920. The van der Waals surface area contributed by atoms with Crippen molar-refractivity contribution in [1.82, 2.24) is 74.4 Å². The summed E-state index contributed by atoms with van der Waals surface area (Å²) in [5.41, 5.74) is 6.90. The van der Waals surface area contributed by atoms with E-state index in [-0.39, 0.29) is 18.6 Å². The number of carbonyl (C=O) groups excluding carboxylic acids is 14. The number of carboxylic acid groups (broad SMARTS) is 1. The fourth-order valence-corrected chi connectivity index (χ4v) is 8.08. The molecule has 2 aromatic rings. The van der Waals surface area contributed by atoms with Crippen molar-refractivity contribution in [2.24, 2.45) is 5.73 Å². The summed E-state index contributed by atoms with van der Waals surface area (Å²) in [6.45, 7) is 15.3. The quantitative estimate of drug-likeness (QED) is 0.0286. The molecule has 0 heterocycles. The number of hydrogen-bond acceptors (Lipinski definition) is 18. The molecule has 91 heavy (non-hydrogen) atoms. The third-order valence-electron chi connectivity index (χ3n) is 13.6. The van der Waals surface area contributed by atoms with Gasteiger partial charge in [-0.15, -0.1) is 0 Å². The number of benzene rings is 2. The summed E-state index contributed by atoms with van der Waals surface area (Å²) < 4.78 is 0. The topological polar surface area (TPSA) is 491 Å². The van der Waals surface area contributed by atoms with Crippen molar-refractivity contribution >= 4 is 101 Å². The lowest BCUT2D eigenvalue weighted by atomic mass is 10.0. The maximum atomic E-state index is 14.1. The van der Waals surface area contributed by atoms with E-state index in [0.29, 0.717) is 11.1 Å². The molecule has 2 rings (SSSR count). The second-order valence-corrected chi connectivity index (χ2v) is 22.3. The van der Waals surface area contributed by atoms with Crippen molar-refractivity contribution in [2.75, 3.05) is 5.75 Å². The number of nitrogens with two attached hydrogens (primary N) is 1. The highest BCUT2D eigenvalue weighted by Crippen LogP contribution is 2.09. The molecule has 0 fully saturated rings. The smallest absolute Gasteiger partial charge is 0.325 e. The van der Waals surface area contributed by atoms with Gasteiger partial charge in [0.1, 0.15) is 84.6 Å². The fourth-order valence-electron chi connectivity index (χ4n) is 7.82. The minimum atomic E-state index is -1.72. The van der Waals surface area contributed by atoms with E-state index in [0.717, 1.165) is 0 Å². The molecule has 0 aromatic heterocycles. The highest BCUT2D eigenvalue weighted by Gasteiger charge is 2.35. The van der Waals surface area contributed by atoms with Crippen molar-refractivity contribution in [3.8, 4) is 0 Å². The maximum absolute atomic E-state index is 14.1. The number of thiol groups is 1. The summed E-state index contributed by atoms with van der Waals surface area (Å²) in [5, 5.41) is 53.3. The van der Waals surface area contributed by atoms with Crippen LogP contribution in [-0.4, -0.2) is 201 Å². The van der Waals surface area contributed by atoms with Crippen LogP contribution in [0.3, 0.4) is 0 Å². The molecule has 0 saturated carbocycles. The van der Waals surface area contributed by atoms with Crippen molar-refractivity contribution in [3.63, 3.8) is 0 Å². The molecule has 18 N–H and O–H groups in total. The van der Waals surface area contributed by atoms with Gasteiger partial charge in [-0.2, -0.15) is 12.6 Å². The third-order valence-corrected chi connectivity index (χ3v) is 14.0. The molecule has 0 aliphatic carbocycles. The Balaban J connectivity index is 2.00. The standard InChI is InChI=1S/C58H87N15O17S/c1-26(59)44(75)72-42(25-91)56(87)71-41(24-39-21-17-14-18-22-39)55(86)70-40(23-38-19-15-13-16-20-38)54(85)67-35(10)53(84)73-43(37(12)74)57(88)68-34(9)51(82)65-32(7)49(80)63-30(5)47(78)61-28(3)45(76)60-27(2)46(77)62-29(4)48(79)64-31(6)50(81)66-33(8)52(83)69-36(11)58(89)90/h13-22,26-37,40-43,74,91H,23-25,59H2,1-12H3,(H,60,76)(H,61,78)(H,62,77)(H,63,80)(H,64,79)(H,65,82)(H,66,81)(H,67,85)(H,68,88)(H,69,83)(H,70,86)(H,71,87)(H,72,75)(H,73,84)(H,89,90)/t26-,27-,28-,29-,30-,31-,32-,33-,34-,35-,36-,37+,40-,41-,42-,43-/m0/s1. The number of aliphatic hydroxyl groups is 1. The van der Waals surface area contributed by atoms with Crippen LogP contribution < -0.4 is 80.2 Å². The first kappa shape index (κ1) is 77.9. The number of aliphatic carboxylic acids is 1. The number of carbonyl (C=O) groups is 15. The van der Waals surface area contributed by atoms with Gasteiger partial charge in [0.2, 0.25) is 82.7 Å². The van der Waals surface area contributed by atoms with Gasteiger partial charge in [0.25, 0.3) is 0 Å². The van der Waals surface area contributed by atoms with Crippen molar-refractivity contribution in [2.45, 2.75) is 193 Å². The van der Waals surface area contributed by atoms with Crippen LogP contribution in [0.2, 0.25) is 0 Å². The predicted molar refractivity (Wildman–Crippen MR) is 331 cm³/mol. The maximum Gasteiger partial charge on any atom is 0.325 e. The van der Waals surface area contributed by atoms with Gasteiger partial charge < -0.3 is 90.4 Å². The van der Waals surface area contributed by atoms with Crippen LogP contribution in [0.4, 0.5) is 0 Å². The number of aliphatic hydroxyl groups excluding tert-OH is 1. The molecule has 0 aliphatic rings. The van der Waals surface area contributed by atoms with Gasteiger partial charge in [-0.25, -0.2) is 0 Å². The van der Waals surface area contributed by atoms with Crippen molar-refractivity contribution < 1.29 is 82.1 Å². The molecule has 16 atom stereocenters. The molecule has 0 saturated heterocycles. The first-order valence-corrected chi connectivity index (χ1v) is 29.7. The van der Waals surface area contributed by atoms with Gasteiger partial charge in [0.05, 0.1) is 12.1 Å². The molecule has 33 heteroatoms. The van der Waals surface area contributed by atoms with E-state index in [9.17, 15) is 77.0 Å². The highest BCUT2D eigenvalue weighted by atomic mass is 32.1. The van der Waals surface area contributed by atoms with E-state index >= 15 is 0 Å². The molecule has 2 aromatic carbocycles. The zero-order valence-electron chi connectivity index (χ0n) is 52.7. The van der Waals surface area contributed by atoms with Crippen LogP contribution in [0.25, 0.3) is 0 Å². The van der Waals surface area contributed by atoms with E-state index < -0.39 is 185 Å². The van der Waals surface area contributed by atoms with Crippen LogP contribution in [0.5, 0.6) is 0 Å². The minimum Gasteiger partial charge on any atom is -0.480 e. The van der Waals surface area contributed by atoms with Gasteiger partial charge in [0.15, 0.2) is 0 Å². The Morgan fingerprint density at radius 2 is 0.560 bits per heavy atom. The lowest BCUT2D eigenvalue weighted by molar-refractivity contribution is -0.141. The van der Waals surface area contributed by atoms with E-state index in [1.165, 1.54) is 83.1 Å². The number of nitrogens with one attached hydrogen (secondary N) is 14. The van der Waals surface area contributed by atoms with Crippen molar-refractivity contribution in [1.29, 1.82) is 0 Å². The lowest BCUT2D eigenvalue weighted by Crippen LogP contribution is -2.61. The molecule has 502 valence electrons. The fraction of sp³-hybridized carbons (Fsp3) is 0.534. The highest BCUT2D eigenvalue weighted by molar-refractivity contribution is 7.80. The van der Waals surface area contributed by atoms with E-state index in [1.54, 1.807) is 60.7 Å². The zero-order chi connectivity index (χ0) is 69.1. The van der Waals surface area contributed by atoms with Crippen LogP contribution in [0.1, 0.15) is 94.2 Å². The van der Waals surface area contributed by atoms with Crippen LogP contribution >= 0.6 is 12.6 Å². The largest absolute Gasteiger partial charge is 0.480 e. The number of carboxylic acids is 1. The molecule has 0 unspecified atom stereocenters. The first-order valence-electron chi connectivity index (χ1n) is 29.1. The normalized spacial score (nSPS) is 16.2. The molecule has 0 bridgehead atoms. The van der Waals surface area contributed by atoms with E-state index in [2.05, 4.69) is 87.1 Å². The Hall–Kier alpha value is -9.24. The first-order chi connectivity index (χ1) is 42.5. The lowest BCUT2D eigenvalue weighted by Gasteiger charge is -2.27. The summed E-state index contributed by atoms with van der Waals surface area (Å²) in [7, 11) is 0. The van der Waals surface area contributed by atoms with Crippen molar-refractivity contribution in [3.05, 3.63) is 71.8 Å². The van der Waals surface area contributed by atoms with Crippen LogP contribution in [0.15, 0.2) is 60.7 Å². The van der Waals surface area contributed by atoms with Crippen LogP contribution in [-0.2, 0) is 84.8 Å². The molecule has 32 nitrogen and oxygen atoms in total. The summed E-state index contributed by atoms with van der Waals surface area (Å²) in [6.07, 6.45) is -1.74. The van der Waals surface area contributed by atoms with Gasteiger partial charge in [-0.3, -0.25) is 71.9 Å². The molecule has 0 spiro atoms. The SMILES string of the molecule is C[C@H](N)C(=O)N[C@@H](CS)C(=O)N[C@@H](Cc1ccccc1)C(=O)N[C@@H](Cc1ccccc1)C(=O)N[C@@H](C)C(=O)N[C@H](C(=O)N[C@@H](C)C(=O)N[C@@H](C)C(=O)N[C@@H](C)C(=O)N[C@@H](C)C(=O)N[C@@H](C)C(=O)N[C@@H](C)C(=O)N[C@@H](C)C(=O)N[C@@H](C)C(=O)N[C@@H](C)C(=O)O)[C@@H](C)O. The minimum absolute atomic E-state index is 0.0510. The van der Waals surface area contributed by atoms with Gasteiger partial charge in [0, 0.05) is 18.6 Å². The Labute approximate surface area is 531 Å². The zero-order valence-corrected chi connectivity index (χ0v) is 53.6. The number of amides is 14. The summed E-state index contributed by atoms with van der Waals surface area (Å²) in [6, 6.07) is -2.25. The predicted octanol–water partition coefficient (Wildman–Crippen LogP) is -5.80. The molecular formula is C58H87N15O17S. The second kappa shape index (κ2) is 37.7. The summed E-state index contributed by atoms with van der Waals surface area (Å²) in [5.74, 6) is -13.3. The Kier molecular flexibility index (Phi) is 32.2. The average molecular weight is 1300 g/mol. The second-order valence-electron chi connectivity index (χ2n) is 21.9. The Morgan fingerprint density at radius 1 is 0.330 bits per heavy atom. The van der Waals surface area contributed by atoms with Crippen LogP contribution in [0, 0.1) is 0 Å². The van der Waals surface area contributed by atoms with Gasteiger partial charge in [-0.05, 0) is 94.2 Å². The third kappa shape index (κ3) is 26.8. The van der Waals surface area contributed by atoms with Gasteiger partial charge in [-0.1, -0.05) is 60.7 Å². The average Bonchev–Trinajstić information content (AvgIpc) is 1.43. The molecular weight excluding hydrogens is 1210 g/mol. The van der Waals surface area contributed by atoms with E-state index in [1.807, 2.05) is 0 Å². The Morgan fingerprint density at radius 3 is 0.824 bits per heavy atom. The molecule has 14 amide bonds. The number of hydrogen-bond donors (Lipinski definition) is 18. The summed E-state index contributed by atoms with van der Waals surface area (Å²) in [4.78, 5) is 195. The summed E-state index contributed by atoms with van der Waals surface area (Å²) >= 11 is 4.18. The molecule has 0 aliphatic heterocycles. The van der Waals surface area contributed by atoms with E-state index in [4.69, 9.17) is 10.8 Å². The van der Waals surface area contributed by atoms with Gasteiger partial charge >= 0.3 is 5.97 Å².